The van der Waals surface area contributed by atoms with Crippen LogP contribution in [0.25, 0.3) is 0 Å². The first-order chi connectivity index (χ1) is 8.29. The monoisotopic (exact) mass is 227 g/mol. The summed E-state index contributed by atoms with van der Waals surface area (Å²) >= 11 is 0. The Kier molecular flexibility index (Phi) is 3.40. The SMILES string of the molecule is COC(=N)c1cccc(Oc2ccccc2)c1. The number of rotatable bonds is 3. The fraction of sp³-hybridized carbons (Fsp3) is 0.0714. The van der Waals surface area contributed by atoms with Crippen LogP contribution in [0.1, 0.15) is 5.56 Å². The van der Waals surface area contributed by atoms with Gasteiger partial charge in [0.25, 0.3) is 0 Å². The van der Waals surface area contributed by atoms with Gasteiger partial charge in [0.2, 0.25) is 5.90 Å². The molecular weight excluding hydrogens is 214 g/mol. The predicted molar refractivity (Wildman–Crippen MR) is 66.8 cm³/mol. The maximum Gasteiger partial charge on any atom is 0.213 e. The third kappa shape index (κ3) is 2.84. The summed E-state index contributed by atoms with van der Waals surface area (Å²) in [5.41, 5.74) is 0.695. The number of methoxy groups -OCH3 is 1. The third-order valence-electron chi connectivity index (χ3n) is 2.28. The first-order valence-electron chi connectivity index (χ1n) is 5.25. The summed E-state index contributed by atoms with van der Waals surface area (Å²) in [5, 5.41) is 7.58. The zero-order chi connectivity index (χ0) is 12.1. The van der Waals surface area contributed by atoms with Crippen LogP contribution in [0.15, 0.2) is 54.6 Å². The second-order valence-corrected chi connectivity index (χ2v) is 3.48. The normalized spacial score (nSPS) is 9.71. The van der Waals surface area contributed by atoms with E-state index in [0.717, 1.165) is 5.75 Å². The molecule has 0 saturated carbocycles. The molecule has 0 radical (unpaired) electrons. The Bertz CT molecular complexity index is 509. The highest BCUT2D eigenvalue weighted by molar-refractivity contribution is 5.91. The minimum atomic E-state index is 0.128. The Balaban J connectivity index is 2.20. The molecule has 0 unspecified atom stereocenters. The molecule has 3 heteroatoms. The molecule has 0 bridgehead atoms. The summed E-state index contributed by atoms with van der Waals surface area (Å²) in [7, 11) is 1.48. The molecule has 17 heavy (non-hydrogen) atoms. The summed E-state index contributed by atoms with van der Waals surface area (Å²) in [6.07, 6.45) is 0. The zero-order valence-electron chi connectivity index (χ0n) is 9.51. The van der Waals surface area contributed by atoms with E-state index < -0.39 is 0 Å². The molecule has 0 heterocycles. The molecule has 0 fully saturated rings. The van der Waals surface area contributed by atoms with Crippen molar-refractivity contribution < 1.29 is 9.47 Å². The molecule has 1 N–H and O–H groups in total. The van der Waals surface area contributed by atoms with Gasteiger partial charge in [0, 0.05) is 5.56 Å². The van der Waals surface area contributed by atoms with Gasteiger partial charge in [0.1, 0.15) is 11.5 Å². The lowest BCUT2D eigenvalue weighted by atomic mass is 10.2. The van der Waals surface area contributed by atoms with Crippen molar-refractivity contribution >= 4 is 5.90 Å². The largest absolute Gasteiger partial charge is 0.481 e. The standard InChI is InChI=1S/C14H13NO2/c1-16-14(15)11-6-5-9-13(10-11)17-12-7-3-2-4-8-12/h2-10,15H,1H3. The highest BCUT2D eigenvalue weighted by Gasteiger charge is 2.03. The molecule has 0 saturated heterocycles. The fourth-order valence-corrected chi connectivity index (χ4v) is 1.44. The molecule has 0 atom stereocenters. The predicted octanol–water partition coefficient (Wildman–Crippen LogP) is 3.45. The molecule has 2 aromatic carbocycles. The van der Waals surface area contributed by atoms with Gasteiger partial charge in [-0.1, -0.05) is 24.3 Å². The maximum absolute atomic E-state index is 7.58. The second-order valence-electron chi connectivity index (χ2n) is 3.48. The number of hydrogen-bond donors (Lipinski definition) is 1. The Morgan fingerprint density at radius 2 is 1.65 bits per heavy atom. The van der Waals surface area contributed by atoms with Crippen LogP contribution in [0.3, 0.4) is 0 Å². The second kappa shape index (κ2) is 5.16. The van der Waals surface area contributed by atoms with Crippen molar-refractivity contribution in [3.63, 3.8) is 0 Å². The summed E-state index contributed by atoms with van der Waals surface area (Å²) in [6.45, 7) is 0. The first-order valence-corrected chi connectivity index (χ1v) is 5.25. The van der Waals surface area contributed by atoms with Crippen LogP contribution in [-0.4, -0.2) is 13.0 Å². The Morgan fingerprint density at radius 1 is 0.941 bits per heavy atom. The Labute approximate surface area is 100 Å². The van der Waals surface area contributed by atoms with Crippen LogP contribution in [-0.2, 0) is 4.74 Å². The van der Waals surface area contributed by atoms with Crippen molar-refractivity contribution in [2.24, 2.45) is 0 Å². The van der Waals surface area contributed by atoms with Gasteiger partial charge < -0.3 is 9.47 Å². The Morgan fingerprint density at radius 3 is 2.35 bits per heavy atom. The van der Waals surface area contributed by atoms with E-state index in [1.807, 2.05) is 48.5 Å². The molecule has 0 spiro atoms. The van der Waals surface area contributed by atoms with E-state index in [-0.39, 0.29) is 5.90 Å². The third-order valence-corrected chi connectivity index (χ3v) is 2.28. The number of ether oxygens (including phenoxy) is 2. The molecule has 3 nitrogen and oxygen atoms in total. The highest BCUT2D eigenvalue weighted by atomic mass is 16.5. The van der Waals surface area contributed by atoms with Crippen LogP contribution >= 0.6 is 0 Å². The van der Waals surface area contributed by atoms with Crippen LogP contribution in [0, 0.1) is 5.41 Å². The van der Waals surface area contributed by atoms with Crippen molar-refractivity contribution in [3.8, 4) is 11.5 Å². The Hall–Kier alpha value is -2.29. The van der Waals surface area contributed by atoms with E-state index >= 15 is 0 Å². The zero-order valence-corrected chi connectivity index (χ0v) is 9.51. The molecule has 0 aromatic heterocycles. The van der Waals surface area contributed by atoms with Gasteiger partial charge in [-0.3, -0.25) is 5.41 Å². The smallest absolute Gasteiger partial charge is 0.213 e. The molecule has 0 amide bonds. The first kappa shape index (κ1) is 11.2. The van der Waals surface area contributed by atoms with Gasteiger partial charge in [-0.05, 0) is 30.3 Å². The van der Waals surface area contributed by atoms with Crippen molar-refractivity contribution in [1.29, 1.82) is 5.41 Å². The summed E-state index contributed by atoms with van der Waals surface area (Å²) in [5.74, 6) is 1.59. The van der Waals surface area contributed by atoms with E-state index in [1.54, 1.807) is 6.07 Å². The van der Waals surface area contributed by atoms with Crippen LogP contribution in [0.2, 0.25) is 0 Å². The topological polar surface area (TPSA) is 42.3 Å². The van der Waals surface area contributed by atoms with Gasteiger partial charge in [-0.25, -0.2) is 0 Å². The highest BCUT2D eigenvalue weighted by Crippen LogP contribution is 2.21. The molecular formula is C14H13NO2. The summed E-state index contributed by atoms with van der Waals surface area (Å²) in [6, 6.07) is 16.8. The van der Waals surface area contributed by atoms with Crippen molar-refractivity contribution in [2.45, 2.75) is 0 Å². The van der Waals surface area contributed by atoms with Gasteiger partial charge in [0.05, 0.1) is 7.11 Å². The molecule has 2 aromatic rings. The van der Waals surface area contributed by atoms with Crippen LogP contribution in [0.5, 0.6) is 11.5 Å². The van der Waals surface area contributed by atoms with Crippen molar-refractivity contribution in [2.75, 3.05) is 7.11 Å². The van der Waals surface area contributed by atoms with E-state index in [1.165, 1.54) is 7.11 Å². The quantitative estimate of drug-likeness (QED) is 0.644. The average Bonchev–Trinajstić information content (AvgIpc) is 2.39. The number of para-hydroxylation sites is 1. The lowest BCUT2D eigenvalue weighted by Gasteiger charge is -2.07. The van der Waals surface area contributed by atoms with Crippen molar-refractivity contribution in [1.82, 2.24) is 0 Å². The van der Waals surface area contributed by atoms with Crippen molar-refractivity contribution in [3.05, 3.63) is 60.2 Å². The number of hydrogen-bond acceptors (Lipinski definition) is 3. The van der Waals surface area contributed by atoms with Gasteiger partial charge in [-0.15, -0.1) is 0 Å². The van der Waals surface area contributed by atoms with Gasteiger partial charge in [-0.2, -0.15) is 0 Å². The number of benzene rings is 2. The van der Waals surface area contributed by atoms with E-state index in [9.17, 15) is 0 Å². The molecule has 2 rings (SSSR count). The molecule has 0 aliphatic carbocycles. The minimum absolute atomic E-state index is 0.128. The molecule has 0 aliphatic heterocycles. The van der Waals surface area contributed by atoms with E-state index in [4.69, 9.17) is 14.9 Å². The average molecular weight is 227 g/mol. The lowest BCUT2D eigenvalue weighted by Crippen LogP contribution is -2.00. The summed E-state index contributed by atoms with van der Waals surface area (Å²) in [4.78, 5) is 0. The lowest BCUT2D eigenvalue weighted by molar-refractivity contribution is 0.400. The van der Waals surface area contributed by atoms with E-state index in [2.05, 4.69) is 0 Å². The van der Waals surface area contributed by atoms with Crippen LogP contribution in [0.4, 0.5) is 0 Å². The molecule has 86 valence electrons. The van der Waals surface area contributed by atoms with Crippen LogP contribution < -0.4 is 4.74 Å². The van der Waals surface area contributed by atoms with Gasteiger partial charge in [0.15, 0.2) is 0 Å². The maximum atomic E-state index is 7.58. The van der Waals surface area contributed by atoms with Gasteiger partial charge >= 0.3 is 0 Å². The van der Waals surface area contributed by atoms with E-state index in [0.29, 0.717) is 11.3 Å². The summed E-state index contributed by atoms with van der Waals surface area (Å²) < 4.78 is 10.5. The fourth-order valence-electron chi connectivity index (χ4n) is 1.44. The minimum Gasteiger partial charge on any atom is -0.481 e. The molecule has 0 aliphatic rings. The number of nitrogens with one attached hydrogen (secondary N) is 1.